The van der Waals surface area contributed by atoms with Gasteiger partial charge in [0.2, 0.25) is 0 Å². The van der Waals surface area contributed by atoms with E-state index in [0.717, 1.165) is 12.8 Å². The minimum Gasteiger partial charge on any atom is -0.385 e. The minimum atomic E-state index is -1.07. The van der Waals surface area contributed by atoms with E-state index >= 15 is 0 Å². The Morgan fingerprint density at radius 3 is 2.50 bits per heavy atom. The molecule has 2 atom stereocenters. The number of rotatable bonds is 7. The van der Waals surface area contributed by atoms with Crippen molar-refractivity contribution < 1.29 is 9.50 Å². The SMILES string of the molecule is CCCCC(CC)CC(C)(O)c1ccccc1F. The van der Waals surface area contributed by atoms with Gasteiger partial charge in [0, 0.05) is 5.56 Å². The summed E-state index contributed by atoms with van der Waals surface area (Å²) in [5.74, 6) is 0.146. The van der Waals surface area contributed by atoms with Crippen molar-refractivity contribution in [1.82, 2.24) is 0 Å². The molecule has 2 unspecified atom stereocenters. The zero-order valence-corrected chi connectivity index (χ0v) is 11.7. The molecule has 0 amide bonds. The molecule has 1 rings (SSSR count). The van der Waals surface area contributed by atoms with Gasteiger partial charge in [-0.15, -0.1) is 0 Å². The van der Waals surface area contributed by atoms with Gasteiger partial charge < -0.3 is 5.11 Å². The number of halogens is 1. The number of hydrogen-bond acceptors (Lipinski definition) is 1. The normalized spacial score (nSPS) is 16.3. The van der Waals surface area contributed by atoms with E-state index in [0.29, 0.717) is 17.9 Å². The number of aliphatic hydroxyl groups is 1. The third-order valence-electron chi connectivity index (χ3n) is 3.68. The summed E-state index contributed by atoms with van der Waals surface area (Å²) in [7, 11) is 0. The van der Waals surface area contributed by atoms with E-state index in [9.17, 15) is 9.50 Å². The van der Waals surface area contributed by atoms with E-state index in [-0.39, 0.29) is 5.82 Å². The molecule has 0 fully saturated rings. The predicted octanol–water partition coefficient (Wildman–Crippen LogP) is 4.64. The van der Waals surface area contributed by atoms with E-state index < -0.39 is 5.60 Å². The molecular formula is C16H25FO. The van der Waals surface area contributed by atoms with Crippen LogP contribution in [0.25, 0.3) is 0 Å². The molecule has 0 bridgehead atoms. The first-order chi connectivity index (χ1) is 8.51. The third kappa shape index (κ3) is 4.09. The summed E-state index contributed by atoms with van der Waals surface area (Å²) in [5.41, 5.74) is -0.653. The van der Waals surface area contributed by atoms with E-state index in [1.54, 1.807) is 25.1 Å². The molecule has 0 saturated heterocycles. The average Bonchev–Trinajstić information content (AvgIpc) is 2.34. The zero-order valence-electron chi connectivity index (χ0n) is 11.7. The molecule has 0 spiro atoms. The topological polar surface area (TPSA) is 20.2 Å². The molecule has 1 aromatic rings. The maximum atomic E-state index is 13.7. The summed E-state index contributed by atoms with van der Waals surface area (Å²) < 4.78 is 13.7. The Balaban J connectivity index is 2.76. The maximum Gasteiger partial charge on any atom is 0.129 e. The van der Waals surface area contributed by atoms with Crippen molar-refractivity contribution in [3.05, 3.63) is 35.6 Å². The van der Waals surface area contributed by atoms with Gasteiger partial charge in [-0.2, -0.15) is 0 Å². The molecule has 0 saturated carbocycles. The van der Waals surface area contributed by atoms with Crippen LogP contribution in [0.3, 0.4) is 0 Å². The van der Waals surface area contributed by atoms with Gasteiger partial charge in [-0.05, 0) is 25.3 Å². The van der Waals surface area contributed by atoms with Crippen LogP contribution in [0, 0.1) is 11.7 Å². The van der Waals surface area contributed by atoms with Crippen LogP contribution in [0.5, 0.6) is 0 Å². The van der Waals surface area contributed by atoms with Gasteiger partial charge in [-0.25, -0.2) is 4.39 Å². The van der Waals surface area contributed by atoms with Gasteiger partial charge in [-0.1, -0.05) is 57.7 Å². The van der Waals surface area contributed by atoms with E-state index in [1.807, 2.05) is 0 Å². The minimum absolute atomic E-state index is 0.312. The van der Waals surface area contributed by atoms with Crippen molar-refractivity contribution in [2.24, 2.45) is 5.92 Å². The Kier molecular flexibility index (Phi) is 5.80. The highest BCUT2D eigenvalue weighted by Crippen LogP contribution is 2.33. The summed E-state index contributed by atoms with van der Waals surface area (Å²) in [6.07, 6.45) is 5.11. The quantitative estimate of drug-likeness (QED) is 0.749. The van der Waals surface area contributed by atoms with Crippen LogP contribution in [0.1, 0.15) is 58.4 Å². The molecule has 1 nitrogen and oxygen atoms in total. The lowest BCUT2D eigenvalue weighted by Gasteiger charge is -2.29. The Bertz CT molecular complexity index is 360. The lowest BCUT2D eigenvalue weighted by molar-refractivity contribution is 0.0242. The van der Waals surface area contributed by atoms with Crippen LogP contribution in [-0.2, 0) is 5.60 Å². The Morgan fingerprint density at radius 2 is 1.94 bits per heavy atom. The summed E-state index contributed by atoms with van der Waals surface area (Å²) in [5, 5.41) is 10.5. The number of unbranched alkanes of at least 4 members (excludes halogenated alkanes) is 1. The molecular weight excluding hydrogens is 227 g/mol. The van der Waals surface area contributed by atoms with Gasteiger partial charge in [0.1, 0.15) is 5.82 Å². The molecule has 0 radical (unpaired) electrons. The van der Waals surface area contributed by atoms with Crippen molar-refractivity contribution in [1.29, 1.82) is 0 Å². The van der Waals surface area contributed by atoms with Gasteiger partial charge in [0.15, 0.2) is 0 Å². The molecule has 2 heteroatoms. The molecule has 1 N–H and O–H groups in total. The summed E-state index contributed by atoms with van der Waals surface area (Å²) in [6, 6.07) is 6.53. The van der Waals surface area contributed by atoms with Gasteiger partial charge in [-0.3, -0.25) is 0 Å². The van der Waals surface area contributed by atoms with Crippen LogP contribution >= 0.6 is 0 Å². The third-order valence-corrected chi connectivity index (χ3v) is 3.68. The second-order valence-electron chi connectivity index (χ2n) is 5.37. The Morgan fingerprint density at radius 1 is 1.28 bits per heavy atom. The Labute approximate surface area is 110 Å². The Hall–Kier alpha value is -0.890. The highest BCUT2D eigenvalue weighted by molar-refractivity contribution is 5.23. The first kappa shape index (κ1) is 15.2. The molecule has 18 heavy (non-hydrogen) atoms. The van der Waals surface area contributed by atoms with Crippen molar-refractivity contribution in [2.45, 2.75) is 58.5 Å². The molecule has 0 aromatic heterocycles. The van der Waals surface area contributed by atoms with Crippen molar-refractivity contribution in [3.63, 3.8) is 0 Å². The molecule has 1 aromatic carbocycles. The van der Waals surface area contributed by atoms with Crippen LogP contribution in [0.4, 0.5) is 4.39 Å². The van der Waals surface area contributed by atoms with Gasteiger partial charge >= 0.3 is 0 Å². The smallest absolute Gasteiger partial charge is 0.129 e. The average molecular weight is 252 g/mol. The van der Waals surface area contributed by atoms with Gasteiger partial charge in [0.05, 0.1) is 5.60 Å². The first-order valence-corrected chi connectivity index (χ1v) is 6.98. The second-order valence-corrected chi connectivity index (χ2v) is 5.37. The maximum absolute atomic E-state index is 13.7. The molecule has 0 heterocycles. The lowest BCUT2D eigenvalue weighted by atomic mass is 9.82. The standard InChI is InChI=1S/C16H25FO/c1-4-6-9-13(5-2)12-16(3,18)14-10-7-8-11-15(14)17/h7-8,10-11,13,18H,4-6,9,12H2,1-3H3. The van der Waals surface area contributed by atoms with Crippen LogP contribution < -0.4 is 0 Å². The summed E-state index contributed by atoms with van der Waals surface area (Å²) >= 11 is 0. The fourth-order valence-corrected chi connectivity index (χ4v) is 2.51. The molecule has 0 aliphatic rings. The monoisotopic (exact) mass is 252 g/mol. The lowest BCUT2D eigenvalue weighted by Crippen LogP contribution is -2.26. The highest BCUT2D eigenvalue weighted by atomic mass is 19.1. The van der Waals surface area contributed by atoms with Crippen molar-refractivity contribution in [3.8, 4) is 0 Å². The van der Waals surface area contributed by atoms with Crippen LogP contribution in [-0.4, -0.2) is 5.11 Å². The largest absolute Gasteiger partial charge is 0.385 e. The summed E-state index contributed by atoms with van der Waals surface area (Å²) in [4.78, 5) is 0. The zero-order chi connectivity index (χ0) is 13.6. The summed E-state index contributed by atoms with van der Waals surface area (Å²) in [6.45, 7) is 6.03. The first-order valence-electron chi connectivity index (χ1n) is 6.98. The second kappa shape index (κ2) is 6.89. The fraction of sp³-hybridized carbons (Fsp3) is 0.625. The number of benzene rings is 1. The van der Waals surface area contributed by atoms with E-state index in [1.165, 1.54) is 18.9 Å². The van der Waals surface area contributed by atoms with Crippen LogP contribution in [0.15, 0.2) is 24.3 Å². The van der Waals surface area contributed by atoms with E-state index in [2.05, 4.69) is 13.8 Å². The van der Waals surface area contributed by atoms with Crippen molar-refractivity contribution in [2.75, 3.05) is 0 Å². The number of hydrogen-bond donors (Lipinski definition) is 1. The van der Waals surface area contributed by atoms with E-state index in [4.69, 9.17) is 0 Å². The van der Waals surface area contributed by atoms with Gasteiger partial charge in [0.25, 0.3) is 0 Å². The molecule has 102 valence electrons. The fourth-order valence-electron chi connectivity index (χ4n) is 2.51. The predicted molar refractivity (Wildman–Crippen MR) is 73.9 cm³/mol. The molecule has 0 aliphatic carbocycles. The molecule has 0 aliphatic heterocycles. The van der Waals surface area contributed by atoms with Crippen molar-refractivity contribution >= 4 is 0 Å². The van der Waals surface area contributed by atoms with Crippen LogP contribution in [0.2, 0.25) is 0 Å². The highest BCUT2D eigenvalue weighted by Gasteiger charge is 2.28.